The molecule has 0 aromatic heterocycles. The van der Waals surface area contributed by atoms with Gasteiger partial charge < -0.3 is 28.8 Å². The summed E-state index contributed by atoms with van der Waals surface area (Å²) in [5, 5.41) is 13.8. The van der Waals surface area contributed by atoms with E-state index in [2.05, 4.69) is 129 Å². The monoisotopic (exact) mass is 1080 g/mol. The smallest absolute Gasteiger partial charge is 0.268 e. The van der Waals surface area contributed by atoms with Crippen LogP contribution in [0.2, 0.25) is 0 Å². The lowest BCUT2D eigenvalue weighted by molar-refractivity contribution is -0.870. The zero-order valence-electron chi connectivity index (χ0n) is 49.7. The van der Waals surface area contributed by atoms with Crippen molar-refractivity contribution >= 4 is 13.7 Å². The van der Waals surface area contributed by atoms with Crippen LogP contribution < -0.4 is 10.2 Å². The van der Waals surface area contributed by atoms with E-state index in [1.165, 1.54) is 128 Å². The summed E-state index contributed by atoms with van der Waals surface area (Å²) in [5.74, 6) is -0.214. The predicted molar refractivity (Wildman–Crippen MR) is 329 cm³/mol. The Labute approximate surface area is 469 Å². The number of hydrogen-bond acceptors (Lipinski definition) is 6. The lowest BCUT2D eigenvalue weighted by Crippen LogP contribution is -2.45. The normalized spacial score (nSPS) is 14.7. The molecule has 0 fully saturated rings. The number of quaternary nitrogens is 1. The molecule has 436 valence electrons. The molecule has 0 saturated carbocycles. The van der Waals surface area contributed by atoms with Crippen molar-refractivity contribution in [2.45, 2.75) is 257 Å². The van der Waals surface area contributed by atoms with E-state index >= 15 is 0 Å². The van der Waals surface area contributed by atoms with E-state index in [-0.39, 0.29) is 12.5 Å². The number of aliphatic hydroxyl groups excluding tert-OH is 1. The summed E-state index contributed by atoms with van der Waals surface area (Å²) < 4.78 is 23.3. The van der Waals surface area contributed by atoms with E-state index in [4.69, 9.17) is 9.05 Å². The Bertz CT molecular complexity index is 1650. The van der Waals surface area contributed by atoms with Gasteiger partial charge in [-0.1, -0.05) is 257 Å². The Morgan fingerprint density at radius 3 is 1.22 bits per heavy atom. The Morgan fingerprint density at radius 1 is 0.474 bits per heavy atom. The molecule has 0 radical (unpaired) electrons. The van der Waals surface area contributed by atoms with Crippen molar-refractivity contribution in [3.8, 4) is 0 Å². The van der Waals surface area contributed by atoms with Crippen molar-refractivity contribution in [2.24, 2.45) is 0 Å². The van der Waals surface area contributed by atoms with Crippen LogP contribution in [-0.4, -0.2) is 68.5 Å². The molecule has 0 aromatic rings. The number of unbranched alkanes of at least 4 members (excludes halogenated alkanes) is 24. The van der Waals surface area contributed by atoms with Crippen molar-refractivity contribution in [1.82, 2.24) is 5.32 Å². The van der Waals surface area contributed by atoms with Crippen molar-refractivity contribution in [3.05, 3.63) is 122 Å². The highest BCUT2D eigenvalue weighted by atomic mass is 31.2. The Balaban J connectivity index is 3.97. The molecule has 0 aromatic carbocycles. The molecule has 9 heteroatoms. The third kappa shape index (κ3) is 58.6. The molecule has 1 amide bonds. The number of hydrogen-bond donors (Lipinski definition) is 2. The van der Waals surface area contributed by atoms with E-state index in [1.807, 2.05) is 27.2 Å². The predicted octanol–water partition coefficient (Wildman–Crippen LogP) is 18.7. The Morgan fingerprint density at radius 2 is 0.816 bits per heavy atom. The topological polar surface area (TPSA) is 108 Å². The third-order valence-corrected chi connectivity index (χ3v) is 14.1. The summed E-state index contributed by atoms with van der Waals surface area (Å²) in [6.07, 6.45) is 84.5. The first-order valence-corrected chi connectivity index (χ1v) is 32.4. The minimum Gasteiger partial charge on any atom is -0.756 e. The molecule has 0 aliphatic rings. The molecule has 0 rings (SSSR count). The number of carbonyl (C=O) groups excluding carboxylic acids is 1. The van der Waals surface area contributed by atoms with Crippen molar-refractivity contribution in [3.63, 3.8) is 0 Å². The summed E-state index contributed by atoms with van der Waals surface area (Å²) in [5.41, 5.74) is 0. The second-order valence-electron chi connectivity index (χ2n) is 21.7. The largest absolute Gasteiger partial charge is 0.756 e. The van der Waals surface area contributed by atoms with Gasteiger partial charge in [-0.3, -0.25) is 9.36 Å². The molecule has 0 aliphatic carbocycles. The number of amides is 1. The van der Waals surface area contributed by atoms with Gasteiger partial charge in [0.05, 0.1) is 39.9 Å². The molecule has 8 nitrogen and oxygen atoms in total. The first-order valence-electron chi connectivity index (χ1n) is 30.9. The molecule has 3 atom stereocenters. The second-order valence-corrected chi connectivity index (χ2v) is 23.1. The van der Waals surface area contributed by atoms with Crippen LogP contribution in [0.15, 0.2) is 122 Å². The number of phosphoric acid groups is 1. The van der Waals surface area contributed by atoms with E-state index in [1.54, 1.807) is 6.08 Å². The molecule has 0 aliphatic heterocycles. The number of rotatable bonds is 55. The Hall–Kier alpha value is -3.10. The van der Waals surface area contributed by atoms with E-state index in [0.717, 1.165) is 96.3 Å². The summed E-state index contributed by atoms with van der Waals surface area (Å²) >= 11 is 0. The van der Waals surface area contributed by atoms with Gasteiger partial charge in [-0.25, -0.2) is 0 Å². The first-order chi connectivity index (χ1) is 37.0. The quantitative estimate of drug-likeness (QED) is 0.0272. The fourth-order valence-corrected chi connectivity index (χ4v) is 9.06. The number of likely N-dealkylation sites (N-methyl/N-ethyl adjacent to an activating group) is 1. The fraction of sp³-hybridized carbons (Fsp3) is 0.687. The van der Waals surface area contributed by atoms with Crippen LogP contribution in [0.3, 0.4) is 0 Å². The highest BCUT2D eigenvalue weighted by Gasteiger charge is 2.23. The zero-order chi connectivity index (χ0) is 55.6. The number of carbonyl (C=O) groups is 1. The number of phosphoric ester groups is 1. The number of aliphatic hydroxyl groups is 1. The molecule has 0 spiro atoms. The Kier molecular flexibility index (Phi) is 54.3. The van der Waals surface area contributed by atoms with Crippen LogP contribution in [0.5, 0.6) is 0 Å². The lowest BCUT2D eigenvalue weighted by Gasteiger charge is -2.29. The standard InChI is InChI=1S/C67H117N2O6P/c1-6-8-10-12-14-16-18-20-21-22-23-24-25-26-27-28-29-30-31-32-33-34-35-36-37-38-39-40-41-42-43-44-45-46-47-49-51-53-55-57-59-61-67(71)68-65(64-75-76(72,73)74-63-62-69(3,4)5)66(70)60-58-56-54-52-50-48-19-17-15-13-11-9-7-2/h8,10,14-17,20-21,23-24,26-27,29-30,32-33,50,52,58,60,65-66,70H,6-7,9,11-13,18-19,22,25,28,31,34-49,51,53-57,59,61-64H2,1-5H3,(H-,68,71,72,73)/b10-8-,16-14-,17-15+,21-20-,24-23-,27-26-,30-29-,33-32-,52-50+,60-58+. The van der Waals surface area contributed by atoms with Gasteiger partial charge in [0.25, 0.3) is 7.82 Å². The molecule has 3 unspecified atom stereocenters. The average molecular weight is 1080 g/mol. The van der Waals surface area contributed by atoms with Gasteiger partial charge >= 0.3 is 0 Å². The SMILES string of the molecule is CC/C=C\C/C=C\C/C=C\C/C=C\C/C=C\C/C=C\C/C=C\CCCCCCCCCCCCCCCCCCCCCC(=O)NC(COP(=O)([O-])OCC[N+](C)(C)C)C(O)/C=C/CC/C=C/CC/C=C/CCCCC. The first kappa shape index (κ1) is 72.9. The fourth-order valence-electron chi connectivity index (χ4n) is 8.34. The van der Waals surface area contributed by atoms with Gasteiger partial charge in [-0.2, -0.15) is 0 Å². The average Bonchev–Trinajstić information content (AvgIpc) is 3.38. The van der Waals surface area contributed by atoms with Crippen LogP contribution in [-0.2, 0) is 18.4 Å². The van der Waals surface area contributed by atoms with E-state index < -0.39 is 26.6 Å². The van der Waals surface area contributed by atoms with Crippen LogP contribution >= 0.6 is 7.82 Å². The minimum atomic E-state index is -4.61. The van der Waals surface area contributed by atoms with E-state index in [0.29, 0.717) is 17.4 Å². The maximum atomic E-state index is 12.9. The third-order valence-electron chi connectivity index (χ3n) is 13.1. The van der Waals surface area contributed by atoms with Crippen LogP contribution in [0.25, 0.3) is 0 Å². The van der Waals surface area contributed by atoms with E-state index in [9.17, 15) is 19.4 Å². The van der Waals surface area contributed by atoms with Gasteiger partial charge in [0.1, 0.15) is 13.2 Å². The number of nitrogens with one attached hydrogen (secondary N) is 1. The minimum absolute atomic E-state index is 0.0124. The van der Waals surface area contributed by atoms with Gasteiger partial charge in [0, 0.05) is 6.42 Å². The van der Waals surface area contributed by atoms with Crippen molar-refractivity contribution < 1.29 is 32.9 Å². The number of nitrogens with zero attached hydrogens (tertiary/aromatic N) is 1. The molecular formula is C67H117N2O6P. The molecule has 2 N–H and O–H groups in total. The maximum absolute atomic E-state index is 12.9. The molecule has 0 saturated heterocycles. The molecule has 76 heavy (non-hydrogen) atoms. The van der Waals surface area contributed by atoms with Gasteiger partial charge in [-0.05, 0) is 103 Å². The summed E-state index contributed by atoms with van der Waals surface area (Å²) in [6.45, 7) is 4.46. The van der Waals surface area contributed by atoms with Gasteiger partial charge in [-0.15, -0.1) is 0 Å². The second kappa shape index (κ2) is 56.6. The molecule has 0 bridgehead atoms. The van der Waals surface area contributed by atoms with Gasteiger partial charge in [0.2, 0.25) is 5.91 Å². The number of allylic oxidation sites excluding steroid dienone is 19. The summed E-state index contributed by atoms with van der Waals surface area (Å²) in [7, 11) is 1.23. The summed E-state index contributed by atoms with van der Waals surface area (Å²) in [4.78, 5) is 25.5. The highest BCUT2D eigenvalue weighted by molar-refractivity contribution is 7.45. The van der Waals surface area contributed by atoms with Crippen molar-refractivity contribution in [1.29, 1.82) is 0 Å². The van der Waals surface area contributed by atoms with Crippen LogP contribution in [0.1, 0.15) is 245 Å². The van der Waals surface area contributed by atoms with Crippen molar-refractivity contribution in [2.75, 3.05) is 40.9 Å². The summed E-state index contributed by atoms with van der Waals surface area (Å²) in [6, 6.07) is -0.914. The zero-order valence-corrected chi connectivity index (χ0v) is 50.6. The van der Waals surface area contributed by atoms with Gasteiger partial charge in [0.15, 0.2) is 0 Å². The lowest BCUT2D eigenvalue weighted by atomic mass is 10.0. The van der Waals surface area contributed by atoms with Crippen LogP contribution in [0.4, 0.5) is 0 Å². The molecule has 0 heterocycles. The maximum Gasteiger partial charge on any atom is 0.268 e. The van der Waals surface area contributed by atoms with Crippen LogP contribution in [0, 0.1) is 0 Å². The highest BCUT2D eigenvalue weighted by Crippen LogP contribution is 2.38. The molecular weight excluding hydrogens is 960 g/mol.